The molecule has 0 heterocycles. The van der Waals surface area contributed by atoms with E-state index in [2.05, 4.69) is 16.7 Å². The van der Waals surface area contributed by atoms with Gasteiger partial charge in [0.15, 0.2) is 0 Å². The summed E-state index contributed by atoms with van der Waals surface area (Å²) in [6.45, 7) is 5.26. The summed E-state index contributed by atoms with van der Waals surface area (Å²) in [6.07, 6.45) is 15.8. The number of rotatable bonds is 8. The largest absolute Gasteiger partial charge is 0.378 e. The van der Waals surface area contributed by atoms with Crippen molar-refractivity contribution >= 4 is 5.91 Å². The summed E-state index contributed by atoms with van der Waals surface area (Å²) in [7, 11) is 0. The van der Waals surface area contributed by atoms with Crippen LogP contribution in [0.2, 0.25) is 0 Å². The number of ether oxygens (including phenoxy) is 2. The van der Waals surface area contributed by atoms with Crippen LogP contribution in [0.1, 0.15) is 97.3 Å². The normalized spacial score (nSPS) is 39.1. The van der Waals surface area contributed by atoms with Crippen LogP contribution in [0.25, 0.3) is 0 Å². The second-order valence-corrected chi connectivity index (χ2v) is 11.5. The Morgan fingerprint density at radius 1 is 0.971 bits per heavy atom. The number of nitrogens with zero attached hydrogens (tertiary/aromatic N) is 1. The van der Waals surface area contributed by atoms with Crippen molar-refractivity contribution in [2.75, 3.05) is 13.2 Å². The lowest BCUT2D eigenvalue weighted by molar-refractivity contribution is -0.123. The average molecular weight is 474 g/mol. The number of fused-ring (bicyclic) bond motifs is 1. The Hall–Kier alpha value is -1.16. The van der Waals surface area contributed by atoms with E-state index in [1.165, 1.54) is 32.1 Å². The molecule has 4 fully saturated rings. The van der Waals surface area contributed by atoms with Gasteiger partial charge >= 0.3 is 0 Å². The predicted octanol–water partition coefficient (Wildman–Crippen LogP) is 4.72. The van der Waals surface area contributed by atoms with E-state index in [1.807, 2.05) is 6.92 Å². The third-order valence-electron chi connectivity index (χ3n) is 9.19. The van der Waals surface area contributed by atoms with Gasteiger partial charge in [0.25, 0.3) is 0 Å². The number of carbonyl (C=O) groups excluding carboxylic acids is 1. The molecular weight excluding hydrogens is 426 g/mol. The zero-order valence-electron chi connectivity index (χ0n) is 21.5. The van der Waals surface area contributed by atoms with Gasteiger partial charge in [0.1, 0.15) is 0 Å². The third-order valence-corrected chi connectivity index (χ3v) is 9.19. The topological polar surface area (TPSA) is 83.4 Å². The van der Waals surface area contributed by atoms with Gasteiger partial charge < -0.3 is 20.1 Å². The molecule has 2 N–H and O–H groups in total. The van der Waals surface area contributed by atoms with Gasteiger partial charge in [-0.15, -0.1) is 0 Å². The molecule has 4 aliphatic carbocycles. The van der Waals surface area contributed by atoms with E-state index in [-0.39, 0.29) is 30.0 Å². The highest BCUT2D eigenvalue weighted by atomic mass is 16.5. The van der Waals surface area contributed by atoms with Gasteiger partial charge in [0.05, 0.1) is 30.2 Å². The third kappa shape index (κ3) is 6.74. The molecule has 0 saturated heterocycles. The fourth-order valence-electron chi connectivity index (χ4n) is 7.41. The van der Waals surface area contributed by atoms with Crippen molar-refractivity contribution in [2.45, 2.75) is 128 Å². The Kier molecular flexibility index (Phi) is 9.68. The van der Waals surface area contributed by atoms with E-state index in [1.54, 1.807) is 6.92 Å². The Bertz CT molecular complexity index is 681. The molecule has 6 atom stereocenters. The molecule has 192 valence electrons. The number of hydrogen-bond donors (Lipinski definition) is 2. The van der Waals surface area contributed by atoms with Crippen LogP contribution in [0, 0.1) is 35.0 Å². The van der Waals surface area contributed by atoms with Crippen LogP contribution in [0.3, 0.4) is 0 Å². The molecule has 0 aromatic heterocycles. The Balaban J connectivity index is 1.31. The zero-order valence-corrected chi connectivity index (χ0v) is 21.5. The van der Waals surface area contributed by atoms with Crippen LogP contribution in [0.15, 0.2) is 0 Å². The lowest BCUT2D eigenvalue weighted by Gasteiger charge is -2.50. The summed E-state index contributed by atoms with van der Waals surface area (Å²) in [5.41, 5.74) is 0. The molecule has 1 amide bonds. The molecule has 34 heavy (non-hydrogen) atoms. The number of carbonyl (C=O) groups is 1. The van der Waals surface area contributed by atoms with Gasteiger partial charge in [0, 0.05) is 32.2 Å². The Morgan fingerprint density at radius 3 is 2.41 bits per heavy atom. The molecule has 0 bridgehead atoms. The SMILES string of the molecule is CCOC1CC2CCC(C#N)C(NC3CCC(OCC4CCCCC4)CC3)C2CC1NC(C)=O. The van der Waals surface area contributed by atoms with Crippen molar-refractivity contribution in [3.05, 3.63) is 0 Å². The first kappa shape index (κ1) is 25.9. The molecular formula is C28H47N3O3. The summed E-state index contributed by atoms with van der Waals surface area (Å²) >= 11 is 0. The number of amides is 1. The second kappa shape index (κ2) is 12.7. The van der Waals surface area contributed by atoms with Gasteiger partial charge in [-0.1, -0.05) is 19.3 Å². The van der Waals surface area contributed by atoms with Crippen LogP contribution in [-0.2, 0) is 14.3 Å². The molecule has 0 aliphatic heterocycles. The monoisotopic (exact) mass is 473 g/mol. The predicted molar refractivity (Wildman–Crippen MR) is 133 cm³/mol. The number of nitriles is 1. The summed E-state index contributed by atoms with van der Waals surface area (Å²) < 4.78 is 12.4. The number of hydrogen-bond acceptors (Lipinski definition) is 5. The highest BCUT2D eigenvalue weighted by Gasteiger charge is 2.47. The molecule has 0 radical (unpaired) electrons. The Labute approximate surface area is 206 Å². The van der Waals surface area contributed by atoms with Gasteiger partial charge in [-0.2, -0.15) is 5.26 Å². The second-order valence-electron chi connectivity index (χ2n) is 11.5. The van der Waals surface area contributed by atoms with Crippen molar-refractivity contribution in [1.29, 1.82) is 5.26 Å². The fourth-order valence-corrected chi connectivity index (χ4v) is 7.41. The minimum Gasteiger partial charge on any atom is -0.378 e. The fraction of sp³-hybridized carbons (Fsp3) is 0.929. The number of nitrogens with one attached hydrogen (secondary N) is 2. The van der Waals surface area contributed by atoms with Crippen LogP contribution in [0.4, 0.5) is 0 Å². The molecule has 0 aromatic carbocycles. The van der Waals surface area contributed by atoms with E-state index < -0.39 is 0 Å². The Morgan fingerprint density at radius 2 is 1.74 bits per heavy atom. The molecule has 6 heteroatoms. The van der Waals surface area contributed by atoms with Crippen molar-refractivity contribution < 1.29 is 14.3 Å². The molecule has 0 spiro atoms. The van der Waals surface area contributed by atoms with Crippen LogP contribution in [0.5, 0.6) is 0 Å². The van der Waals surface area contributed by atoms with E-state index in [4.69, 9.17) is 9.47 Å². The van der Waals surface area contributed by atoms with Crippen molar-refractivity contribution in [1.82, 2.24) is 10.6 Å². The first-order valence-electron chi connectivity index (χ1n) is 14.2. The minimum atomic E-state index is 0.0110. The van der Waals surface area contributed by atoms with E-state index in [0.29, 0.717) is 30.6 Å². The maximum absolute atomic E-state index is 11.9. The minimum absolute atomic E-state index is 0.0110. The summed E-state index contributed by atoms with van der Waals surface area (Å²) in [6, 6.07) is 3.36. The smallest absolute Gasteiger partial charge is 0.217 e. The summed E-state index contributed by atoms with van der Waals surface area (Å²) in [4.78, 5) is 11.9. The molecule has 0 aromatic rings. The first-order valence-corrected chi connectivity index (χ1v) is 14.2. The van der Waals surface area contributed by atoms with Crippen molar-refractivity contribution in [3.8, 4) is 6.07 Å². The lowest BCUT2D eigenvalue weighted by Crippen LogP contribution is -2.59. The van der Waals surface area contributed by atoms with Crippen molar-refractivity contribution in [3.63, 3.8) is 0 Å². The van der Waals surface area contributed by atoms with E-state index in [9.17, 15) is 10.1 Å². The molecule has 6 unspecified atom stereocenters. The molecule has 4 rings (SSSR count). The van der Waals surface area contributed by atoms with Crippen molar-refractivity contribution in [2.24, 2.45) is 23.7 Å². The molecule has 4 aliphatic rings. The van der Waals surface area contributed by atoms with Gasteiger partial charge in [-0.25, -0.2) is 0 Å². The van der Waals surface area contributed by atoms with Gasteiger partial charge in [-0.05, 0) is 88.9 Å². The van der Waals surface area contributed by atoms with E-state index >= 15 is 0 Å². The van der Waals surface area contributed by atoms with Gasteiger partial charge in [-0.3, -0.25) is 4.79 Å². The molecule has 6 nitrogen and oxygen atoms in total. The maximum atomic E-state index is 11.9. The highest BCUT2D eigenvalue weighted by Crippen LogP contribution is 2.44. The van der Waals surface area contributed by atoms with E-state index in [0.717, 1.165) is 63.9 Å². The highest BCUT2D eigenvalue weighted by molar-refractivity contribution is 5.73. The van der Waals surface area contributed by atoms with Crippen LogP contribution >= 0.6 is 0 Å². The standard InChI is InChI=1S/C28H47N3O3/c1-3-33-27-15-21-9-10-22(17-29)28(25(21)16-26(27)30-19(2)32)31-23-11-13-24(14-12-23)34-18-20-7-5-4-6-8-20/h20-28,31H,3-16,18H2,1-2H3,(H,30,32). The summed E-state index contributed by atoms with van der Waals surface area (Å²) in [5.74, 6) is 1.84. The van der Waals surface area contributed by atoms with Gasteiger partial charge in [0.2, 0.25) is 5.91 Å². The maximum Gasteiger partial charge on any atom is 0.217 e. The van der Waals surface area contributed by atoms with Crippen LogP contribution < -0.4 is 10.6 Å². The first-order chi connectivity index (χ1) is 16.6. The zero-order chi connectivity index (χ0) is 23.9. The lowest BCUT2D eigenvalue weighted by atomic mass is 9.62. The summed E-state index contributed by atoms with van der Waals surface area (Å²) in [5, 5.41) is 17.1. The van der Waals surface area contributed by atoms with Crippen LogP contribution in [-0.4, -0.2) is 49.5 Å². The quantitative estimate of drug-likeness (QED) is 0.533. The average Bonchev–Trinajstić information content (AvgIpc) is 2.85. The molecule has 4 saturated carbocycles.